The number of nitrogens with zero attached hydrogens (tertiary/aromatic N) is 2. The third kappa shape index (κ3) is 2.14. The van der Waals surface area contributed by atoms with Crippen LogP contribution in [0, 0.1) is 0 Å². The van der Waals surface area contributed by atoms with E-state index < -0.39 is 0 Å². The average Bonchev–Trinajstić information content (AvgIpc) is 2.35. The zero-order valence-electron chi connectivity index (χ0n) is 9.56. The van der Waals surface area contributed by atoms with Gasteiger partial charge in [-0.1, -0.05) is 18.2 Å². The van der Waals surface area contributed by atoms with Crippen molar-refractivity contribution in [1.82, 2.24) is 4.98 Å². The molecule has 3 heteroatoms. The molecule has 0 saturated heterocycles. The molecular weight excluding hydrogens is 198 g/mol. The van der Waals surface area contributed by atoms with Crippen molar-refractivity contribution in [2.75, 3.05) is 24.5 Å². The fourth-order valence-corrected chi connectivity index (χ4v) is 1.82. The molecule has 0 spiro atoms. The Kier molecular flexibility index (Phi) is 3.37. The Morgan fingerprint density at radius 1 is 1.19 bits per heavy atom. The number of aromatic nitrogens is 1. The van der Waals surface area contributed by atoms with Crippen molar-refractivity contribution < 1.29 is 0 Å². The van der Waals surface area contributed by atoms with E-state index in [9.17, 15) is 0 Å². The summed E-state index contributed by atoms with van der Waals surface area (Å²) in [7, 11) is 0. The first-order valence-corrected chi connectivity index (χ1v) is 5.66. The van der Waals surface area contributed by atoms with E-state index in [0.29, 0.717) is 6.54 Å². The summed E-state index contributed by atoms with van der Waals surface area (Å²) in [6, 6.07) is 12.3. The Hall–Kier alpha value is -1.61. The van der Waals surface area contributed by atoms with Crippen LogP contribution >= 0.6 is 0 Å². The molecule has 16 heavy (non-hydrogen) atoms. The standard InChI is InChI=1S/C13H17N3/c1-2-16(10-9-14)13-8-7-11-5-3-4-6-12(11)15-13/h3-8H,2,9-10,14H2,1H3. The minimum atomic E-state index is 0.655. The summed E-state index contributed by atoms with van der Waals surface area (Å²) in [6.45, 7) is 4.55. The van der Waals surface area contributed by atoms with E-state index in [1.165, 1.54) is 5.39 Å². The smallest absolute Gasteiger partial charge is 0.129 e. The molecule has 0 aliphatic rings. The highest BCUT2D eigenvalue weighted by atomic mass is 15.2. The van der Waals surface area contributed by atoms with Gasteiger partial charge in [0.05, 0.1) is 5.52 Å². The molecule has 2 rings (SSSR count). The third-order valence-corrected chi connectivity index (χ3v) is 2.69. The number of hydrogen-bond donors (Lipinski definition) is 1. The largest absolute Gasteiger partial charge is 0.356 e. The van der Waals surface area contributed by atoms with Crippen LogP contribution in [0.4, 0.5) is 5.82 Å². The van der Waals surface area contributed by atoms with Gasteiger partial charge in [-0.2, -0.15) is 0 Å². The van der Waals surface area contributed by atoms with Crippen molar-refractivity contribution in [3.8, 4) is 0 Å². The second kappa shape index (κ2) is 4.94. The molecule has 0 atom stereocenters. The fraction of sp³-hybridized carbons (Fsp3) is 0.308. The molecule has 1 aromatic heterocycles. The average molecular weight is 215 g/mol. The van der Waals surface area contributed by atoms with E-state index in [4.69, 9.17) is 5.73 Å². The highest BCUT2D eigenvalue weighted by Crippen LogP contribution is 2.17. The molecule has 0 amide bonds. The Morgan fingerprint density at radius 3 is 2.75 bits per heavy atom. The van der Waals surface area contributed by atoms with Crippen LogP contribution in [0.25, 0.3) is 10.9 Å². The van der Waals surface area contributed by atoms with Gasteiger partial charge in [-0.3, -0.25) is 0 Å². The minimum Gasteiger partial charge on any atom is -0.356 e. The van der Waals surface area contributed by atoms with Crippen LogP contribution in [0.2, 0.25) is 0 Å². The number of rotatable bonds is 4. The summed E-state index contributed by atoms with van der Waals surface area (Å²) in [5.74, 6) is 1.01. The van der Waals surface area contributed by atoms with Gasteiger partial charge < -0.3 is 10.6 Å². The second-order valence-corrected chi connectivity index (χ2v) is 3.73. The second-order valence-electron chi connectivity index (χ2n) is 3.73. The molecule has 0 unspecified atom stereocenters. The number of nitrogens with two attached hydrogens (primary N) is 1. The van der Waals surface area contributed by atoms with Crippen LogP contribution in [0.3, 0.4) is 0 Å². The molecule has 2 aromatic rings. The van der Waals surface area contributed by atoms with E-state index in [2.05, 4.69) is 35.0 Å². The predicted molar refractivity (Wildman–Crippen MR) is 68.7 cm³/mol. The van der Waals surface area contributed by atoms with Crippen molar-refractivity contribution in [3.05, 3.63) is 36.4 Å². The maximum atomic E-state index is 5.59. The van der Waals surface area contributed by atoms with E-state index >= 15 is 0 Å². The first-order chi connectivity index (χ1) is 7.85. The Bertz CT molecular complexity index is 467. The van der Waals surface area contributed by atoms with Crippen molar-refractivity contribution >= 4 is 16.7 Å². The summed E-state index contributed by atoms with van der Waals surface area (Å²) in [4.78, 5) is 6.82. The molecule has 0 aliphatic heterocycles. The van der Waals surface area contributed by atoms with Crippen LogP contribution < -0.4 is 10.6 Å². The normalized spacial score (nSPS) is 10.6. The Labute approximate surface area is 95.9 Å². The number of fused-ring (bicyclic) bond motifs is 1. The minimum absolute atomic E-state index is 0.655. The van der Waals surface area contributed by atoms with Gasteiger partial charge in [0.15, 0.2) is 0 Å². The first-order valence-electron chi connectivity index (χ1n) is 5.66. The quantitative estimate of drug-likeness (QED) is 0.848. The number of likely N-dealkylation sites (N-methyl/N-ethyl adjacent to an activating group) is 1. The van der Waals surface area contributed by atoms with E-state index in [1.807, 2.05) is 18.2 Å². The first kappa shape index (κ1) is 10.9. The number of hydrogen-bond acceptors (Lipinski definition) is 3. The molecule has 3 nitrogen and oxygen atoms in total. The molecule has 0 radical (unpaired) electrons. The summed E-state index contributed by atoms with van der Waals surface area (Å²) < 4.78 is 0. The Balaban J connectivity index is 2.37. The van der Waals surface area contributed by atoms with Gasteiger partial charge >= 0.3 is 0 Å². The molecular formula is C13H17N3. The summed E-state index contributed by atoms with van der Waals surface area (Å²) in [6.07, 6.45) is 0. The zero-order valence-corrected chi connectivity index (χ0v) is 9.56. The molecule has 0 bridgehead atoms. The van der Waals surface area contributed by atoms with Crippen LogP contribution in [0.1, 0.15) is 6.92 Å². The van der Waals surface area contributed by atoms with E-state index in [1.54, 1.807) is 0 Å². The molecule has 0 aliphatic carbocycles. The summed E-state index contributed by atoms with van der Waals surface area (Å²) in [5.41, 5.74) is 6.62. The summed E-state index contributed by atoms with van der Waals surface area (Å²) >= 11 is 0. The molecule has 2 N–H and O–H groups in total. The van der Waals surface area contributed by atoms with Crippen LogP contribution in [-0.4, -0.2) is 24.6 Å². The summed E-state index contributed by atoms with van der Waals surface area (Å²) in [5, 5.41) is 1.18. The highest BCUT2D eigenvalue weighted by molar-refractivity contribution is 5.80. The van der Waals surface area contributed by atoms with Gasteiger partial charge in [-0.25, -0.2) is 4.98 Å². The van der Waals surface area contributed by atoms with E-state index in [0.717, 1.165) is 24.4 Å². The van der Waals surface area contributed by atoms with Crippen molar-refractivity contribution in [1.29, 1.82) is 0 Å². The third-order valence-electron chi connectivity index (χ3n) is 2.69. The van der Waals surface area contributed by atoms with Gasteiger partial charge in [0, 0.05) is 25.0 Å². The monoisotopic (exact) mass is 215 g/mol. The van der Waals surface area contributed by atoms with Crippen molar-refractivity contribution in [2.24, 2.45) is 5.73 Å². The fourth-order valence-electron chi connectivity index (χ4n) is 1.82. The Morgan fingerprint density at radius 2 is 2.00 bits per heavy atom. The van der Waals surface area contributed by atoms with Crippen LogP contribution in [0.15, 0.2) is 36.4 Å². The zero-order chi connectivity index (χ0) is 11.4. The van der Waals surface area contributed by atoms with Crippen molar-refractivity contribution in [2.45, 2.75) is 6.92 Å². The lowest BCUT2D eigenvalue weighted by Gasteiger charge is -2.21. The van der Waals surface area contributed by atoms with Gasteiger partial charge in [0.2, 0.25) is 0 Å². The molecule has 1 aromatic carbocycles. The number of anilines is 1. The highest BCUT2D eigenvalue weighted by Gasteiger charge is 2.04. The molecule has 0 fully saturated rings. The van der Waals surface area contributed by atoms with Crippen LogP contribution in [0.5, 0.6) is 0 Å². The van der Waals surface area contributed by atoms with Gasteiger partial charge in [-0.05, 0) is 25.1 Å². The van der Waals surface area contributed by atoms with Gasteiger partial charge in [0.25, 0.3) is 0 Å². The molecule has 84 valence electrons. The lowest BCUT2D eigenvalue weighted by atomic mass is 10.2. The molecule has 0 saturated carbocycles. The maximum absolute atomic E-state index is 5.59. The lowest BCUT2D eigenvalue weighted by Crippen LogP contribution is -2.29. The van der Waals surface area contributed by atoms with E-state index in [-0.39, 0.29) is 0 Å². The lowest BCUT2D eigenvalue weighted by molar-refractivity contribution is 0.804. The molecule has 1 heterocycles. The number of para-hydroxylation sites is 1. The van der Waals surface area contributed by atoms with Gasteiger partial charge in [0.1, 0.15) is 5.82 Å². The van der Waals surface area contributed by atoms with Gasteiger partial charge in [-0.15, -0.1) is 0 Å². The number of benzene rings is 1. The predicted octanol–water partition coefficient (Wildman–Crippen LogP) is 2.02. The topological polar surface area (TPSA) is 42.1 Å². The van der Waals surface area contributed by atoms with Crippen molar-refractivity contribution in [3.63, 3.8) is 0 Å². The van der Waals surface area contributed by atoms with Crippen LogP contribution in [-0.2, 0) is 0 Å². The SMILES string of the molecule is CCN(CCN)c1ccc2ccccc2n1. The number of pyridine rings is 1. The maximum Gasteiger partial charge on any atom is 0.129 e.